The third-order valence-corrected chi connectivity index (χ3v) is 5.80. The summed E-state index contributed by atoms with van der Waals surface area (Å²) in [6.45, 7) is 4.02. The average molecular weight is 403 g/mol. The van der Waals surface area contributed by atoms with Gasteiger partial charge in [-0.05, 0) is 36.4 Å². The van der Waals surface area contributed by atoms with Crippen LogP contribution in [0.1, 0.15) is 18.4 Å². The molecule has 0 radical (unpaired) electrons. The zero-order valence-corrected chi connectivity index (χ0v) is 17.5. The van der Waals surface area contributed by atoms with Crippen LogP contribution in [0.5, 0.6) is 5.75 Å². The van der Waals surface area contributed by atoms with E-state index in [4.69, 9.17) is 9.47 Å². The van der Waals surface area contributed by atoms with Gasteiger partial charge in [0.15, 0.2) is 5.96 Å². The maximum atomic E-state index is 5.77. The Kier molecular flexibility index (Phi) is 7.99. The second-order valence-corrected chi connectivity index (χ2v) is 7.65. The predicted molar refractivity (Wildman–Crippen MR) is 117 cm³/mol. The molecule has 3 rings (SSSR count). The topological polar surface area (TPSA) is 58.1 Å². The lowest BCUT2D eigenvalue weighted by Gasteiger charge is -2.33. The molecule has 1 saturated heterocycles. The van der Waals surface area contributed by atoms with Crippen molar-refractivity contribution in [3.8, 4) is 5.75 Å². The minimum absolute atomic E-state index is 0.455. The lowest BCUT2D eigenvalue weighted by atomic mass is 10.1. The highest BCUT2D eigenvalue weighted by Crippen LogP contribution is 2.24. The zero-order valence-electron chi connectivity index (χ0n) is 16.7. The molecule has 0 saturated carbocycles. The number of nitrogens with one attached hydrogen (secondary N) is 2. The quantitative estimate of drug-likeness (QED) is 0.404. The summed E-state index contributed by atoms with van der Waals surface area (Å²) >= 11 is 1.81. The first-order valence-electron chi connectivity index (χ1n) is 9.75. The van der Waals surface area contributed by atoms with Crippen molar-refractivity contribution >= 4 is 22.3 Å². The molecule has 152 valence electrons. The van der Waals surface area contributed by atoms with Gasteiger partial charge in [0, 0.05) is 38.3 Å². The molecule has 2 heterocycles. The molecule has 0 aliphatic carbocycles. The first kappa shape index (κ1) is 20.5. The Morgan fingerprint density at radius 2 is 2.04 bits per heavy atom. The molecule has 28 heavy (non-hydrogen) atoms. The second-order valence-electron chi connectivity index (χ2n) is 6.72. The number of piperidine rings is 1. The molecular formula is C21H30N4O2S. The Morgan fingerprint density at radius 3 is 2.75 bits per heavy atom. The van der Waals surface area contributed by atoms with Crippen LogP contribution in [0, 0.1) is 0 Å². The fourth-order valence-electron chi connectivity index (χ4n) is 3.33. The first-order valence-corrected chi connectivity index (χ1v) is 10.6. The summed E-state index contributed by atoms with van der Waals surface area (Å²) in [5, 5.41) is 10.4. The number of guanidine groups is 1. The third kappa shape index (κ3) is 5.87. The van der Waals surface area contributed by atoms with E-state index in [9.17, 15) is 0 Å². The van der Waals surface area contributed by atoms with Gasteiger partial charge in [0.05, 0.1) is 25.3 Å². The predicted octanol–water partition coefficient (Wildman–Crippen LogP) is 3.11. The summed E-state index contributed by atoms with van der Waals surface area (Å²) < 4.78 is 11.1. The van der Waals surface area contributed by atoms with Gasteiger partial charge in [0.2, 0.25) is 0 Å². The van der Waals surface area contributed by atoms with Gasteiger partial charge >= 0.3 is 0 Å². The first-order chi connectivity index (χ1) is 13.8. The molecule has 1 aromatic carbocycles. The van der Waals surface area contributed by atoms with E-state index in [0.29, 0.717) is 25.8 Å². The molecule has 1 aliphatic heterocycles. The van der Waals surface area contributed by atoms with Gasteiger partial charge in [0.1, 0.15) is 5.75 Å². The molecule has 0 amide bonds. The van der Waals surface area contributed by atoms with Crippen LogP contribution in [0.4, 0.5) is 5.00 Å². The van der Waals surface area contributed by atoms with Gasteiger partial charge in [-0.2, -0.15) is 0 Å². The van der Waals surface area contributed by atoms with Gasteiger partial charge in [0.25, 0.3) is 0 Å². The molecule has 0 unspecified atom stereocenters. The SMILES string of the molecule is CN=C(NCCOCc1ccccc1OC)NC1CCN(c2cccs2)CC1. The normalized spacial score (nSPS) is 15.5. The molecular weight excluding hydrogens is 372 g/mol. The molecule has 0 spiro atoms. The van der Waals surface area contributed by atoms with Crippen LogP contribution >= 0.6 is 11.3 Å². The largest absolute Gasteiger partial charge is 0.496 e. The van der Waals surface area contributed by atoms with Gasteiger partial charge in [-0.1, -0.05) is 18.2 Å². The highest BCUT2D eigenvalue weighted by Gasteiger charge is 2.20. The Morgan fingerprint density at radius 1 is 1.21 bits per heavy atom. The number of rotatable bonds is 8. The molecule has 1 aromatic heterocycles. The van der Waals surface area contributed by atoms with Crippen molar-refractivity contribution in [2.75, 3.05) is 45.3 Å². The lowest BCUT2D eigenvalue weighted by Crippen LogP contribution is -2.49. The molecule has 1 fully saturated rings. The van der Waals surface area contributed by atoms with Crippen LogP contribution < -0.4 is 20.3 Å². The number of thiophene rings is 1. The zero-order chi connectivity index (χ0) is 19.6. The van der Waals surface area contributed by atoms with Crippen molar-refractivity contribution in [1.82, 2.24) is 10.6 Å². The Hall–Kier alpha value is -2.25. The van der Waals surface area contributed by atoms with Crippen LogP contribution in [0.15, 0.2) is 46.8 Å². The Bertz CT molecular complexity index is 728. The van der Waals surface area contributed by atoms with E-state index < -0.39 is 0 Å². The van der Waals surface area contributed by atoms with Crippen LogP contribution in [0.25, 0.3) is 0 Å². The number of hydrogen-bond donors (Lipinski definition) is 2. The van der Waals surface area contributed by atoms with E-state index in [1.165, 1.54) is 5.00 Å². The summed E-state index contributed by atoms with van der Waals surface area (Å²) in [4.78, 5) is 6.80. The Balaban J connectivity index is 1.33. The summed E-state index contributed by atoms with van der Waals surface area (Å²) in [6.07, 6.45) is 2.23. The number of para-hydroxylation sites is 1. The van der Waals surface area contributed by atoms with Crippen LogP contribution in [0.3, 0.4) is 0 Å². The van der Waals surface area contributed by atoms with Gasteiger partial charge in [-0.3, -0.25) is 4.99 Å². The summed E-state index contributed by atoms with van der Waals surface area (Å²) in [7, 11) is 3.49. The smallest absolute Gasteiger partial charge is 0.191 e. The lowest BCUT2D eigenvalue weighted by molar-refractivity contribution is 0.123. The standard InChI is InChI=1S/C21H30N4O2S/c1-22-21(23-11-14-27-16-17-6-3-4-7-19(17)26-2)24-18-9-12-25(13-10-18)20-8-5-15-28-20/h3-8,15,18H,9-14,16H2,1-2H3,(H2,22,23,24). The maximum Gasteiger partial charge on any atom is 0.191 e. The van der Waals surface area contributed by atoms with E-state index >= 15 is 0 Å². The minimum atomic E-state index is 0.455. The van der Waals surface area contributed by atoms with E-state index in [1.807, 2.05) is 42.6 Å². The monoisotopic (exact) mass is 402 g/mol. The number of methoxy groups -OCH3 is 1. The molecule has 1 aliphatic rings. The van der Waals surface area contributed by atoms with Crippen LogP contribution in [-0.4, -0.2) is 52.4 Å². The Labute approximate surface area is 171 Å². The number of ether oxygens (including phenoxy) is 2. The third-order valence-electron chi connectivity index (χ3n) is 4.87. The van der Waals surface area contributed by atoms with Crippen LogP contribution in [0.2, 0.25) is 0 Å². The van der Waals surface area contributed by atoms with Gasteiger partial charge in [-0.25, -0.2) is 0 Å². The number of hydrogen-bond acceptors (Lipinski definition) is 5. The van der Waals surface area contributed by atoms with Crippen molar-refractivity contribution in [3.05, 3.63) is 47.3 Å². The van der Waals surface area contributed by atoms with Gasteiger partial charge in [-0.15, -0.1) is 11.3 Å². The molecule has 0 atom stereocenters. The summed E-state index contributed by atoms with van der Waals surface area (Å²) in [5.74, 6) is 1.71. The number of nitrogens with zero attached hydrogens (tertiary/aromatic N) is 2. The number of anilines is 1. The van der Waals surface area contributed by atoms with E-state index in [1.54, 1.807) is 7.11 Å². The maximum absolute atomic E-state index is 5.77. The second kappa shape index (κ2) is 10.9. The van der Waals surface area contributed by atoms with E-state index in [2.05, 4.69) is 38.0 Å². The minimum Gasteiger partial charge on any atom is -0.496 e. The van der Waals surface area contributed by atoms with Crippen molar-refractivity contribution in [2.24, 2.45) is 4.99 Å². The molecule has 6 nitrogen and oxygen atoms in total. The molecule has 2 N–H and O–H groups in total. The van der Waals surface area contributed by atoms with Gasteiger partial charge < -0.3 is 25.0 Å². The van der Waals surface area contributed by atoms with Crippen molar-refractivity contribution in [3.63, 3.8) is 0 Å². The van der Waals surface area contributed by atoms with E-state index in [-0.39, 0.29) is 0 Å². The highest BCUT2D eigenvalue weighted by atomic mass is 32.1. The fraction of sp³-hybridized carbons (Fsp3) is 0.476. The molecule has 0 bridgehead atoms. The number of aliphatic imine (C=N–C) groups is 1. The van der Waals surface area contributed by atoms with Crippen molar-refractivity contribution < 1.29 is 9.47 Å². The van der Waals surface area contributed by atoms with Crippen molar-refractivity contribution in [2.45, 2.75) is 25.5 Å². The molecule has 2 aromatic rings. The van der Waals surface area contributed by atoms with Crippen LogP contribution in [-0.2, 0) is 11.3 Å². The van der Waals surface area contributed by atoms with Crippen molar-refractivity contribution in [1.29, 1.82) is 0 Å². The summed E-state index contributed by atoms with van der Waals surface area (Å²) in [6, 6.07) is 12.7. The highest BCUT2D eigenvalue weighted by molar-refractivity contribution is 7.14. The average Bonchev–Trinajstić information content (AvgIpc) is 3.28. The van der Waals surface area contributed by atoms with E-state index in [0.717, 1.165) is 43.2 Å². The number of benzene rings is 1. The molecule has 7 heteroatoms. The fourth-order valence-corrected chi connectivity index (χ4v) is 4.11. The summed E-state index contributed by atoms with van der Waals surface area (Å²) in [5.41, 5.74) is 1.06.